The van der Waals surface area contributed by atoms with Crippen molar-refractivity contribution < 1.29 is 28.6 Å². The summed E-state index contributed by atoms with van der Waals surface area (Å²) in [5, 5.41) is 0. The van der Waals surface area contributed by atoms with Crippen LogP contribution in [0.15, 0.2) is 0 Å². The van der Waals surface area contributed by atoms with Crippen molar-refractivity contribution in [2.75, 3.05) is 0 Å². The SMILES string of the molecule is CC1(OC(=O)C23CC4CC(C(=O)OC5(C)C6CC7CC(C6)CC5C7)(C2)CC(C(=O)OC2(C)C5CC6CC(C5)CC2C6)(C4)C3)C2CC3CC(C2)CC1C3. The van der Waals surface area contributed by atoms with Crippen LogP contribution in [0.1, 0.15) is 156 Å². The van der Waals surface area contributed by atoms with E-state index in [1.165, 1.54) is 96.3 Å². The molecule has 0 saturated heterocycles. The molecule has 16 bridgehead atoms. The van der Waals surface area contributed by atoms with Gasteiger partial charge in [-0.25, -0.2) is 0 Å². The molecule has 0 N–H and O–H groups in total. The zero-order valence-electron chi connectivity index (χ0n) is 32.3. The first-order chi connectivity index (χ1) is 24.8. The molecule has 16 rings (SSSR count). The largest absolute Gasteiger partial charge is 0.458 e. The Bertz CT molecular complexity index is 1330. The molecule has 6 heteroatoms. The van der Waals surface area contributed by atoms with Crippen LogP contribution in [0.4, 0.5) is 0 Å². The Hall–Kier alpha value is -1.59. The van der Waals surface area contributed by atoms with Gasteiger partial charge < -0.3 is 14.2 Å². The van der Waals surface area contributed by atoms with E-state index in [-0.39, 0.29) is 23.8 Å². The Balaban J connectivity index is 0.887. The summed E-state index contributed by atoms with van der Waals surface area (Å²) in [6.07, 6.45) is 22.0. The van der Waals surface area contributed by atoms with Crippen molar-refractivity contribution in [1.82, 2.24) is 0 Å². The lowest BCUT2D eigenvalue weighted by molar-refractivity contribution is -0.253. The van der Waals surface area contributed by atoms with Crippen molar-refractivity contribution in [2.24, 2.45) is 93.2 Å². The van der Waals surface area contributed by atoms with Crippen LogP contribution in [0, 0.1) is 93.2 Å². The van der Waals surface area contributed by atoms with Crippen molar-refractivity contribution in [2.45, 2.75) is 172 Å². The van der Waals surface area contributed by atoms with Crippen LogP contribution in [0.2, 0.25) is 0 Å². The fourth-order valence-corrected chi connectivity index (χ4v) is 18.9. The van der Waals surface area contributed by atoms with Crippen molar-refractivity contribution >= 4 is 17.9 Å². The molecule has 0 radical (unpaired) electrons. The Kier molecular flexibility index (Phi) is 6.42. The van der Waals surface area contributed by atoms with Crippen LogP contribution in [0.3, 0.4) is 0 Å². The smallest absolute Gasteiger partial charge is 0.312 e. The number of hydrogen-bond donors (Lipinski definition) is 0. The molecule has 16 aliphatic rings. The predicted molar refractivity (Wildman–Crippen MR) is 193 cm³/mol. The molecule has 0 aromatic carbocycles. The normalized spacial score (nSPS) is 60.6. The number of carbonyl (C=O) groups is 3. The summed E-state index contributed by atoms with van der Waals surface area (Å²) < 4.78 is 21.0. The second-order valence-electron chi connectivity index (χ2n) is 23.5. The summed E-state index contributed by atoms with van der Waals surface area (Å²) in [4.78, 5) is 45.6. The molecule has 0 aliphatic heterocycles. The number of esters is 3. The van der Waals surface area contributed by atoms with Gasteiger partial charge in [-0.15, -0.1) is 0 Å². The standard InChI is InChI=1S/C46H64O6/c1-41(32-7-25-4-26(9-32)10-33(41)8-25)50-38(47)44-19-31-20-45(22-44,39(48)51-42(2)34-11-27-5-28(13-34)14-35(42)12-27)24-46(21-31,23-44)40(49)52-43(3)36-15-29-6-30(17-36)18-37(43)16-29/h25-37H,4-24H2,1-3H3. The third kappa shape index (κ3) is 4.23. The fraction of sp³-hybridized carbons (Fsp3) is 0.935. The van der Waals surface area contributed by atoms with Crippen LogP contribution in [0.25, 0.3) is 0 Å². The quantitative estimate of drug-likeness (QED) is 0.202. The first kappa shape index (κ1) is 32.6. The van der Waals surface area contributed by atoms with Gasteiger partial charge in [0.1, 0.15) is 16.8 Å². The van der Waals surface area contributed by atoms with Crippen LogP contribution in [-0.2, 0) is 28.6 Å². The summed E-state index contributed by atoms with van der Waals surface area (Å²) in [6.45, 7) is 6.77. The highest BCUT2D eigenvalue weighted by Crippen LogP contribution is 2.73. The van der Waals surface area contributed by atoms with Gasteiger partial charge >= 0.3 is 17.9 Å². The summed E-state index contributed by atoms with van der Waals surface area (Å²) in [7, 11) is 0. The highest BCUT2D eigenvalue weighted by molar-refractivity contribution is 5.88. The lowest BCUT2D eigenvalue weighted by atomic mass is 9.39. The third-order valence-electron chi connectivity index (χ3n) is 20.6. The molecule has 16 fully saturated rings. The number of hydrogen-bond acceptors (Lipinski definition) is 6. The average Bonchev–Trinajstić information content (AvgIpc) is 3.07. The Labute approximate surface area is 311 Å². The summed E-state index contributed by atoms with van der Waals surface area (Å²) in [5.74, 6) is 7.24. The minimum atomic E-state index is -0.828. The van der Waals surface area contributed by atoms with Gasteiger partial charge in [0, 0.05) is 0 Å². The maximum Gasteiger partial charge on any atom is 0.312 e. The van der Waals surface area contributed by atoms with E-state index in [2.05, 4.69) is 20.8 Å². The summed E-state index contributed by atoms with van der Waals surface area (Å²) >= 11 is 0. The van der Waals surface area contributed by atoms with E-state index in [4.69, 9.17) is 14.2 Å². The first-order valence-corrected chi connectivity index (χ1v) is 22.5. The summed E-state index contributed by atoms with van der Waals surface area (Å²) in [5.41, 5.74) is -3.79. The molecule has 0 aromatic rings. The van der Waals surface area contributed by atoms with Crippen LogP contribution >= 0.6 is 0 Å². The number of carbonyl (C=O) groups excluding carboxylic acids is 3. The molecule has 16 saturated carbocycles. The second kappa shape index (κ2) is 10.2. The van der Waals surface area contributed by atoms with Gasteiger partial charge in [0.25, 0.3) is 0 Å². The highest BCUT2D eigenvalue weighted by atomic mass is 16.6. The van der Waals surface area contributed by atoms with Gasteiger partial charge in [0.2, 0.25) is 0 Å². The van der Waals surface area contributed by atoms with E-state index in [1.807, 2.05) is 0 Å². The van der Waals surface area contributed by atoms with Crippen LogP contribution in [0.5, 0.6) is 0 Å². The van der Waals surface area contributed by atoms with Crippen molar-refractivity contribution in [1.29, 1.82) is 0 Å². The van der Waals surface area contributed by atoms with E-state index in [1.54, 1.807) is 0 Å². The first-order valence-electron chi connectivity index (χ1n) is 22.5. The van der Waals surface area contributed by atoms with Gasteiger partial charge in [0.15, 0.2) is 0 Å². The molecule has 0 spiro atoms. The minimum Gasteiger partial charge on any atom is -0.458 e. The minimum absolute atomic E-state index is 0.0948. The van der Waals surface area contributed by atoms with Crippen molar-refractivity contribution in [3.05, 3.63) is 0 Å². The molecular weight excluding hydrogens is 649 g/mol. The van der Waals surface area contributed by atoms with Gasteiger partial charge in [-0.3, -0.25) is 14.4 Å². The summed E-state index contributed by atoms with van der Waals surface area (Å²) in [6, 6.07) is 0. The maximum absolute atomic E-state index is 15.2. The zero-order valence-corrected chi connectivity index (χ0v) is 32.3. The lowest BCUT2D eigenvalue weighted by Gasteiger charge is -2.66. The zero-order chi connectivity index (χ0) is 35.2. The second-order valence-corrected chi connectivity index (χ2v) is 23.5. The molecule has 0 amide bonds. The molecule has 284 valence electrons. The van der Waals surface area contributed by atoms with E-state index < -0.39 is 33.0 Å². The lowest BCUT2D eigenvalue weighted by Crippen LogP contribution is -2.67. The number of ether oxygens (including phenoxy) is 3. The molecular formula is C46H64O6. The van der Waals surface area contributed by atoms with Crippen LogP contribution in [-0.4, -0.2) is 34.7 Å². The Morgan fingerprint density at radius 1 is 0.346 bits per heavy atom. The van der Waals surface area contributed by atoms with E-state index in [0.717, 1.165) is 54.8 Å². The maximum atomic E-state index is 15.2. The van der Waals surface area contributed by atoms with Gasteiger partial charge in [-0.1, -0.05) is 0 Å². The predicted octanol–water partition coefficient (Wildman–Crippen LogP) is 9.22. The molecule has 0 atom stereocenters. The van der Waals surface area contributed by atoms with E-state index >= 15 is 14.4 Å². The Morgan fingerprint density at radius 3 is 0.769 bits per heavy atom. The van der Waals surface area contributed by atoms with Gasteiger partial charge in [-0.2, -0.15) is 0 Å². The Morgan fingerprint density at radius 2 is 0.558 bits per heavy atom. The molecule has 52 heavy (non-hydrogen) atoms. The fourth-order valence-electron chi connectivity index (χ4n) is 18.9. The molecule has 0 aromatic heterocycles. The highest BCUT2D eigenvalue weighted by Gasteiger charge is 2.74. The van der Waals surface area contributed by atoms with Crippen LogP contribution < -0.4 is 0 Å². The monoisotopic (exact) mass is 712 g/mol. The average molecular weight is 713 g/mol. The van der Waals surface area contributed by atoms with Crippen molar-refractivity contribution in [3.63, 3.8) is 0 Å². The third-order valence-corrected chi connectivity index (χ3v) is 20.6. The molecule has 0 unspecified atom stereocenters. The molecule has 16 aliphatic carbocycles. The van der Waals surface area contributed by atoms with E-state index in [9.17, 15) is 0 Å². The topological polar surface area (TPSA) is 78.9 Å². The van der Waals surface area contributed by atoms with E-state index in [0.29, 0.717) is 54.8 Å². The van der Waals surface area contributed by atoms with Crippen molar-refractivity contribution in [3.8, 4) is 0 Å². The number of rotatable bonds is 6. The molecule has 6 nitrogen and oxygen atoms in total. The van der Waals surface area contributed by atoms with Gasteiger partial charge in [0.05, 0.1) is 16.2 Å². The molecule has 0 heterocycles. The van der Waals surface area contributed by atoms with Gasteiger partial charge in [-0.05, 0) is 233 Å².